The van der Waals surface area contributed by atoms with E-state index < -0.39 is 40.4 Å². The maximum absolute atomic E-state index is 13.1. The molecule has 0 aromatic heterocycles. The quantitative estimate of drug-likeness (QED) is 0.636. The van der Waals surface area contributed by atoms with Gasteiger partial charge in [-0.25, -0.2) is 0 Å². The van der Waals surface area contributed by atoms with Crippen LogP contribution in [0.5, 0.6) is 0 Å². The lowest BCUT2D eigenvalue weighted by Crippen LogP contribution is -2.28. The largest absolute Gasteiger partial charge is 0.417 e. The highest BCUT2D eigenvalue weighted by atomic mass is 32.4. The number of alkyl halides is 6. The summed E-state index contributed by atoms with van der Waals surface area (Å²) in [4.78, 5) is 10.5. The van der Waals surface area contributed by atoms with Crippen molar-refractivity contribution in [2.24, 2.45) is 0 Å². The molecule has 0 heterocycles. The molecule has 2 aromatic carbocycles. The molecule has 0 saturated heterocycles. The predicted molar refractivity (Wildman–Crippen MR) is 78.7 cm³/mol. The first-order chi connectivity index (χ1) is 10.5. The molecule has 2 aromatic rings. The van der Waals surface area contributed by atoms with Crippen molar-refractivity contribution in [1.29, 1.82) is 0 Å². The van der Waals surface area contributed by atoms with Crippen LogP contribution in [0.1, 0.15) is 11.1 Å². The van der Waals surface area contributed by atoms with Crippen molar-refractivity contribution in [3.05, 3.63) is 59.7 Å². The standard InChI is InChI=1S/C14H9F6OPS/c15-13(16,17)9-5-1-3-7-11(9)22(21,23)12-8-4-2-6-10(12)14(18,19)20/h1-8H,(H,21,23). The monoisotopic (exact) mass is 370 g/mol. The Morgan fingerprint density at radius 3 is 1.30 bits per heavy atom. The van der Waals surface area contributed by atoms with E-state index in [0.717, 1.165) is 24.3 Å². The number of hydrogen-bond acceptors (Lipinski definition) is 1. The first-order valence-electron chi connectivity index (χ1n) is 6.12. The third-order valence-corrected chi connectivity index (χ3v) is 6.34. The molecule has 0 radical (unpaired) electrons. The highest BCUT2D eigenvalue weighted by Gasteiger charge is 2.41. The molecule has 0 saturated carbocycles. The van der Waals surface area contributed by atoms with Gasteiger partial charge in [0.2, 0.25) is 0 Å². The zero-order valence-electron chi connectivity index (χ0n) is 11.2. The van der Waals surface area contributed by atoms with Crippen LogP contribution < -0.4 is 10.6 Å². The lowest BCUT2D eigenvalue weighted by molar-refractivity contribution is -0.137. The second-order valence-electron chi connectivity index (χ2n) is 4.61. The summed E-state index contributed by atoms with van der Waals surface area (Å²) < 4.78 is 78.4. The summed E-state index contributed by atoms with van der Waals surface area (Å²) >= 11 is 4.86. The summed E-state index contributed by atoms with van der Waals surface area (Å²) in [7, 11) is 0. The van der Waals surface area contributed by atoms with Gasteiger partial charge in [-0.1, -0.05) is 48.2 Å². The first kappa shape index (κ1) is 18.0. The molecular formula is C14H9F6OPS. The summed E-state index contributed by atoms with van der Waals surface area (Å²) in [5, 5.41) is -1.42. The Balaban J connectivity index is 2.74. The van der Waals surface area contributed by atoms with Crippen LogP contribution in [0.4, 0.5) is 26.3 Å². The van der Waals surface area contributed by atoms with E-state index in [0.29, 0.717) is 12.1 Å². The van der Waals surface area contributed by atoms with Crippen molar-refractivity contribution in [3.63, 3.8) is 0 Å². The van der Waals surface area contributed by atoms with Gasteiger partial charge in [0.25, 0.3) is 0 Å². The molecule has 9 heteroatoms. The van der Waals surface area contributed by atoms with Crippen molar-refractivity contribution in [1.82, 2.24) is 0 Å². The van der Waals surface area contributed by atoms with Crippen LogP contribution >= 0.6 is 6.26 Å². The minimum absolute atomic E-state index is 0.683. The molecule has 1 nitrogen and oxygen atoms in total. The molecule has 0 aliphatic rings. The second-order valence-corrected chi connectivity index (χ2v) is 8.31. The van der Waals surface area contributed by atoms with E-state index >= 15 is 0 Å². The third-order valence-electron chi connectivity index (χ3n) is 3.07. The Bertz CT molecular complexity index is 707. The molecule has 124 valence electrons. The highest BCUT2D eigenvalue weighted by Crippen LogP contribution is 2.46. The van der Waals surface area contributed by atoms with E-state index in [1.807, 2.05) is 0 Å². The van der Waals surface area contributed by atoms with Gasteiger partial charge in [-0.2, -0.15) is 26.3 Å². The molecule has 0 fully saturated rings. The average Bonchev–Trinajstić information content (AvgIpc) is 2.45. The molecule has 23 heavy (non-hydrogen) atoms. The average molecular weight is 370 g/mol. The molecule has 0 aliphatic heterocycles. The van der Waals surface area contributed by atoms with Crippen LogP contribution in [0.2, 0.25) is 0 Å². The van der Waals surface area contributed by atoms with Crippen molar-refractivity contribution in [3.8, 4) is 0 Å². The highest BCUT2D eigenvalue weighted by molar-refractivity contribution is 8.19. The van der Waals surface area contributed by atoms with E-state index in [2.05, 4.69) is 0 Å². The van der Waals surface area contributed by atoms with Crippen molar-refractivity contribution < 1.29 is 31.2 Å². The van der Waals surface area contributed by atoms with Crippen molar-refractivity contribution in [2.45, 2.75) is 12.4 Å². The number of halogens is 6. The van der Waals surface area contributed by atoms with Crippen molar-refractivity contribution in [2.75, 3.05) is 0 Å². The van der Waals surface area contributed by atoms with E-state index in [9.17, 15) is 31.2 Å². The third kappa shape index (κ3) is 3.59. The fourth-order valence-electron chi connectivity index (χ4n) is 2.09. The number of rotatable bonds is 2. The Hall–Kier alpha value is -1.37. The topological polar surface area (TPSA) is 20.2 Å². The maximum Gasteiger partial charge on any atom is 0.417 e. The Kier molecular flexibility index (Phi) is 4.63. The fourth-order valence-corrected chi connectivity index (χ4v) is 4.93. The number of hydrogen-bond donors (Lipinski definition) is 1. The van der Waals surface area contributed by atoms with Crippen LogP contribution in [0.25, 0.3) is 0 Å². The van der Waals surface area contributed by atoms with Crippen LogP contribution in [0.3, 0.4) is 0 Å². The maximum atomic E-state index is 13.1. The fraction of sp³-hybridized carbons (Fsp3) is 0.143. The minimum Gasteiger partial charge on any atom is -0.358 e. The zero-order valence-corrected chi connectivity index (χ0v) is 12.9. The molecule has 2 rings (SSSR count). The van der Waals surface area contributed by atoms with Crippen LogP contribution in [-0.4, -0.2) is 4.89 Å². The van der Waals surface area contributed by atoms with Gasteiger partial charge >= 0.3 is 12.4 Å². The summed E-state index contributed by atoms with van der Waals surface area (Å²) in [5.74, 6) is 0. The normalized spacial score (nSPS) is 13.2. The molecule has 0 bridgehead atoms. The molecule has 0 aliphatic carbocycles. The van der Waals surface area contributed by atoms with Gasteiger partial charge in [-0.15, -0.1) is 0 Å². The van der Waals surface area contributed by atoms with Gasteiger partial charge in [0.1, 0.15) is 6.26 Å². The van der Waals surface area contributed by atoms with Gasteiger partial charge in [-0.05, 0) is 12.1 Å². The van der Waals surface area contributed by atoms with Gasteiger partial charge in [0, 0.05) is 10.6 Å². The van der Waals surface area contributed by atoms with Crippen LogP contribution in [-0.2, 0) is 24.2 Å². The summed E-state index contributed by atoms with van der Waals surface area (Å²) in [6.45, 7) is 0. The van der Waals surface area contributed by atoms with E-state index in [1.165, 1.54) is 12.1 Å². The lowest BCUT2D eigenvalue weighted by atomic mass is 10.2. The minimum atomic E-state index is -4.84. The molecule has 0 amide bonds. The first-order valence-corrected chi connectivity index (χ1v) is 8.87. The number of benzene rings is 2. The Morgan fingerprint density at radius 2 is 1.00 bits per heavy atom. The van der Waals surface area contributed by atoms with Crippen LogP contribution in [0, 0.1) is 0 Å². The SMILES string of the molecule is OP(=S)(c1ccccc1C(F)(F)F)c1ccccc1C(F)(F)F. The van der Waals surface area contributed by atoms with Gasteiger partial charge in [0.05, 0.1) is 11.1 Å². The molecular weight excluding hydrogens is 361 g/mol. The van der Waals surface area contributed by atoms with Gasteiger partial charge < -0.3 is 4.89 Å². The smallest absolute Gasteiger partial charge is 0.358 e. The van der Waals surface area contributed by atoms with E-state index in [-0.39, 0.29) is 0 Å². The summed E-state index contributed by atoms with van der Waals surface area (Å²) in [6, 6.07) is 7.74. The van der Waals surface area contributed by atoms with Crippen molar-refractivity contribution >= 4 is 28.7 Å². The van der Waals surface area contributed by atoms with Crippen LogP contribution in [0.15, 0.2) is 48.5 Å². The van der Waals surface area contributed by atoms with Gasteiger partial charge in [0.15, 0.2) is 0 Å². The summed E-state index contributed by atoms with van der Waals surface area (Å²) in [6.07, 6.45) is -13.9. The predicted octanol–water partition coefficient (Wildman–Crippen LogP) is 4.06. The van der Waals surface area contributed by atoms with Gasteiger partial charge in [-0.3, -0.25) is 0 Å². The van der Waals surface area contributed by atoms with E-state index in [4.69, 9.17) is 11.8 Å². The Morgan fingerprint density at radius 1 is 0.696 bits per heavy atom. The zero-order chi connectivity index (χ0) is 17.5. The molecule has 0 atom stereocenters. The Labute approximate surface area is 132 Å². The molecule has 0 unspecified atom stereocenters. The molecule has 0 spiro atoms. The lowest BCUT2D eigenvalue weighted by Gasteiger charge is -2.23. The molecule has 1 N–H and O–H groups in total. The second kappa shape index (κ2) is 5.92. The summed E-state index contributed by atoms with van der Waals surface area (Å²) in [5.41, 5.74) is -2.47. The van der Waals surface area contributed by atoms with E-state index in [1.54, 1.807) is 0 Å².